The van der Waals surface area contributed by atoms with Gasteiger partial charge >= 0.3 is 5.97 Å². The van der Waals surface area contributed by atoms with Crippen LogP contribution in [0.1, 0.15) is 16.8 Å². The lowest BCUT2D eigenvalue weighted by molar-refractivity contribution is -0.116. The molecule has 8 nitrogen and oxygen atoms in total. The van der Waals surface area contributed by atoms with Crippen LogP contribution in [0.25, 0.3) is 0 Å². The summed E-state index contributed by atoms with van der Waals surface area (Å²) in [7, 11) is -1.69. The molecular formula is C17H23N3O5S. The Morgan fingerprint density at radius 1 is 1.27 bits per heavy atom. The highest BCUT2D eigenvalue weighted by Gasteiger charge is 2.42. The number of hydrogen-bond acceptors (Lipinski definition) is 7. The van der Waals surface area contributed by atoms with Gasteiger partial charge in [0.05, 0.1) is 24.2 Å². The number of carbonyl (C=O) groups excluding carboxylic acids is 2. The number of rotatable bonds is 5. The van der Waals surface area contributed by atoms with Crippen molar-refractivity contribution in [3.05, 3.63) is 29.8 Å². The quantitative estimate of drug-likeness (QED) is 0.685. The molecule has 2 fully saturated rings. The number of sulfone groups is 1. The van der Waals surface area contributed by atoms with Gasteiger partial charge in [0.1, 0.15) is 0 Å². The van der Waals surface area contributed by atoms with Gasteiger partial charge < -0.3 is 15.4 Å². The van der Waals surface area contributed by atoms with Crippen LogP contribution in [0.3, 0.4) is 0 Å². The van der Waals surface area contributed by atoms with E-state index in [1.54, 1.807) is 24.3 Å². The number of nitrogens with one attached hydrogen (secondary N) is 2. The lowest BCUT2D eigenvalue weighted by Gasteiger charge is -2.37. The lowest BCUT2D eigenvalue weighted by Crippen LogP contribution is -2.57. The normalized spacial score (nSPS) is 24.7. The number of piperazine rings is 1. The van der Waals surface area contributed by atoms with E-state index < -0.39 is 15.8 Å². The van der Waals surface area contributed by atoms with Crippen molar-refractivity contribution in [2.75, 3.05) is 43.6 Å². The minimum atomic E-state index is -3.00. The van der Waals surface area contributed by atoms with E-state index in [9.17, 15) is 18.0 Å². The lowest BCUT2D eigenvalue weighted by atomic mass is 10.1. The SMILES string of the molecule is COC(=O)c1ccc(NC(=O)CCN2CCN[C@H]3CS(=O)(=O)C[C@H]32)cc1. The molecule has 1 aromatic rings. The molecule has 3 rings (SSSR count). The number of esters is 1. The summed E-state index contributed by atoms with van der Waals surface area (Å²) in [5.41, 5.74) is 1.02. The van der Waals surface area contributed by atoms with Crippen LogP contribution < -0.4 is 10.6 Å². The molecule has 2 aliphatic rings. The predicted molar refractivity (Wildman–Crippen MR) is 96.8 cm³/mol. The first-order chi connectivity index (χ1) is 12.4. The minimum absolute atomic E-state index is 0.0392. The standard InChI is InChI=1S/C17H23N3O5S/c1-25-17(22)12-2-4-13(5-3-12)19-16(21)6-8-20-9-7-18-14-10-26(23,24)11-15(14)20/h2-5,14-15,18H,6-11H2,1H3,(H,19,21)/t14-,15+/m0/s1. The zero-order valence-electron chi connectivity index (χ0n) is 14.6. The number of fused-ring (bicyclic) bond motifs is 1. The number of ether oxygens (including phenoxy) is 1. The van der Waals surface area contributed by atoms with Crippen LogP contribution >= 0.6 is 0 Å². The molecule has 0 radical (unpaired) electrons. The average Bonchev–Trinajstić information content (AvgIpc) is 2.94. The highest BCUT2D eigenvalue weighted by molar-refractivity contribution is 7.91. The van der Waals surface area contributed by atoms with Gasteiger partial charge in [0, 0.05) is 43.8 Å². The Bertz CT molecular complexity index is 778. The van der Waals surface area contributed by atoms with Gasteiger partial charge in [0.15, 0.2) is 9.84 Å². The summed E-state index contributed by atoms with van der Waals surface area (Å²) in [6, 6.07) is 6.38. The van der Waals surface area contributed by atoms with Crippen molar-refractivity contribution in [1.29, 1.82) is 0 Å². The molecule has 2 atom stereocenters. The van der Waals surface area contributed by atoms with Crippen molar-refractivity contribution in [1.82, 2.24) is 10.2 Å². The van der Waals surface area contributed by atoms with Crippen LogP contribution in [0.15, 0.2) is 24.3 Å². The van der Waals surface area contributed by atoms with Crippen molar-refractivity contribution >= 4 is 27.4 Å². The molecule has 2 saturated heterocycles. The third-order valence-electron chi connectivity index (χ3n) is 4.81. The van der Waals surface area contributed by atoms with Crippen molar-refractivity contribution in [3.63, 3.8) is 0 Å². The van der Waals surface area contributed by atoms with Crippen LogP contribution in [0.4, 0.5) is 5.69 Å². The van der Waals surface area contributed by atoms with Gasteiger partial charge in [0.25, 0.3) is 0 Å². The number of hydrogen-bond donors (Lipinski definition) is 2. The van der Waals surface area contributed by atoms with Gasteiger partial charge in [-0.1, -0.05) is 0 Å². The van der Waals surface area contributed by atoms with E-state index in [0.717, 1.165) is 13.1 Å². The molecule has 9 heteroatoms. The summed E-state index contributed by atoms with van der Waals surface area (Å²) in [5, 5.41) is 6.04. The largest absolute Gasteiger partial charge is 0.465 e. The first kappa shape index (κ1) is 18.8. The van der Waals surface area contributed by atoms with Crippen molar-refractivity contribution in [2.24, 2.45) is 0 Å². The third-order valence-corrected chi connectivity index (χ3v) is 6.53. The van der Waals surface area contributed by atoms with Crippen molar-refractivity contribution in [3.8, 4) is 0 Å². The third kappa shape index (κ3) is 4.40. The van der Waals surface area contributed by atoms with Gasteiger partial charge in [-0.3, -0.25) is 9.69 Å². The Hall–Kier alpha value is -1.97. The number of amides is 1. The Morgan fingerprint density at radius 3 is 2.69 bits per heavy atom. The summed E-state index contributed by atoms with van der Waals surface area (Å²) < 4.78 is 28.3. The monoisotopic (exact) mass is 381 g/mol. The second-order valence-electron chi connectivity index (χ2n) is 6.61. The summed E-state index contributed by atoms with van der Waals surface area (Å²) in [4.78, 5) is 25.7. The Balaban J connectivity index is 1.52. The average molecular weight is 381 g/mol. The van der Waals surface area contributed by atoms with E-state index in [4.69, 9.17) is 0 Å². The fourth-order valence-corrected chi connectivity index (χ4v) is 5.48. The van der Waals surface area contributed by atoms with Gasteiger partial charge in [0.2, 0.25) is 5.91 Å². The van der Waals surface area contributed by atoms with Crippen LogP contribution in [0, 0.1) is 0 Å². The molecule has 0 unspecified atom stereocenters. The van der Waals surface area contributed by atoms with Crippen molar-refractivity contribution < 1.29 is 22.7 Å². The molecule has 2 aliphatic heterocycles. The highest BCUT2D eigenvalue weighted by atomic mass is 32.2. The van der Waals surface area contributed by atoms with E-state index in [1.807, 2.05) is 0 Å². The van der Waals surface area contributed by atoms with E-state index >= 15 is 0 Å². The van der Waals surface area contributed by atoms with E-state index in [-0.39, 0.29) is 35.9 Å². The molecule has 1 amide bonds. The molecule has 2 N–H and O–H groups in total. The summed E-state index contributed by atoms with van der Waals surface area (Å²) >= 11 is 0. The second-order valence-corrected chi connectivity index (χ2v) is 8.76. The summed E-state index contributed by atoms with van der Waals surface area (Å²) in [6.45, 7) is 1.98. The molecular weight excluding hydrogens is 358 g/mol. The fourth-order valence-electron chi connectivity index (χ4n) is 3.50. The first-order valence-electron chi connectivity index (χ1n) is 8.54. The van der Waals surface area contributed by atoms with Crippen molar-refractivity contribution in [2.45, 2.75) is 18.5 Å². The zero-order valence-corrected chi connectivity index (χ0v) is 15.4. The molecule has 2 heterocycles. The van der Waals surface area contributed by atoms with E-state index in [1.165, 1.54) is 7.11 Å². The fraction of sp³-hybridized carbons (Fsp3) is 0.529. The van der Waals surface area contributed by atoms with Crippen LogP contribution in [0.2, 0.25) is 0 Å². The molecule has 0 spiro atoms. The molecule has 0 aromatic heterocycles. The smallest absolute Gasteiger partial charge is 0.337 e. The maximum absolute atomic E-state index is 12.2. The van der Waals surface area contributed by atoms with Gasteiger partial charge in [-0.05, 0) is 24.3 Å². The van der Waals surface area contributed by atoms with Crippen LogP contribution in [0.5, 0.6) is 0 Å². The first-order valence-corrected chi connectivity index (χ1v) is 10.4. The maximum Gasteiger partial charge on any atom is 0.337 e. The Kier molecular flexibility index (Phi) is 5.59. The number of carbonyl (C=O) groups is 2. The molecule has 142 valence electrons. The van der Waals surface area contributed by atoms with E-state index in [0.29, 0.717) is 17.8 Å². The molecule has 0 bridgehead atoms. The highest BCUT2D eigenvalue weighted by Crippen LogP contribution is 2.21. The molecule has 26 heavy (non-hydrogen) atoms. The number of anilines is 1. The molecule has 1 aromatic carbocycles. The van der Waals surface area contributed by atoms with Crippen LogP contribution in [-0.2, 0) is 19.4 Å². The number of nitrogens with zero attached hydrogens (tertiary/aromatic N) is 1. The topological polar surface area (TPSA) is 105 Å². The van der Waals surface area contributed by atoms with E-state index in [2.05, 4.69) is 20.3 Å². The van der Waals surface area contributed by atoms with Gasteiger partial charge in [-0.25, -0.2) is 13.2 Å². The maximum atomic E-state index is 12.2. The summed E-state index contributed by atoms with van der Waals surface area (Å²) in [6.07, 6.45) is 0.280. The number of benzene rings is 1. The minimum Gasteiger partial charge on any atom is -0.465 e. The van der Waals surface area contributed by atoms with Crippen LogP contribution in [-0.4, -0.2) is 75.5 Å². The molecule has 0 saturated carbocycles. The summed E-state index contributed by atoms with van der Waals surface area (Å²) in [5.74, 6) is -0.247. The number of methoxy groups -OCH3 is 1. The second kappa shape index (κ2) is 7.73. The van der Waals surface area contributed by atoms with Gasteiger partial charge in [-0.2, -0.15) is 0 Å². The molecule has 0 aliphatic carbocycles. The zero-order chi connectivity index (χ0) is 18.7. The Morgan fingerprint density at radius 2 is 2.00 bits per heavy atom. The Labute approximate surface area is 152 Å². The predicted octanol–water partition coefficient (Wildman–Crippen LogP) is -0.127. The van der Waals surface area contributed by atoms with Gasteiger partial charge in [-0.15, -0.1) is 0 Å².